The molecule has 1 saturated heterocycles. The summed E-state index contributed by atoms with van der Waals surface area (Å²) >= 11 is 0. The fraction of sp³-hybridized carbons (Fsp3) is 0.400. The Morgan fingerprint density at radius 1 is 1.33 bits per heavy atom. The lowest BCUT2D eigenvalue weighted by Crippen LogP contribution is -2.09. The third-order valence-electron chi connectivity index (χ3n) is 2.21. The number of benzene rings is 1. The highest BCUT2D eigenvalue weighted by atomic mass is 19.4. The first kappa shape index (κ1) is 10.4. The molecule has 2 rings (SSSR count). The summed E-state index contributed by atoms with van der Waals surface area (Å²) in [4.78, 5) is 0. The van der Waals surface area contributed by atoms with Gasteiger partial charge in [-0.2, -0.15) is 13.2 Å². The molecule has 1 aliphatic rings. The average Bonchev–Trinajstić information content (AvgIpc) is 2.97. The van der Waals surface area contributed by atoms with E-state index in [0.29, 0.717) is 12.4 Å². The van der Waals surface area contributed by atoms with Gasteiger partial charge in [-0.25, -0.2) is 0 Å². The third kappa shape index (κ3) is 2.67. The molecule has 0 aliphatic carbocycles. The van der Waals surface area contributed by atoms with Gasteiger partial charge < -0.3 is 4.74 Å². The van der Waals surface area contributed by atoms with Crippen LogP contribution in [0.15, 0.2) is 24.3 Å². The van der Waals surface area contributed by atoms with Gasteiger partial charge in [0.1, 0.15) is 13.0 Å². The van der Waals surface area contributed by atoms with Gasteiger partial charge in [0.05, 0.1) is 12.2 Å². The number of hydrogen-bond acceptors (Lipinski definition) is 1. The van der Waals surface area contributed by atoms with E-state index in [0.717, 1.165) is 12.4 Å². The van der Waals surface area contributed by atoms with Crippen molar-refractivity contribution in [3.05, 3.63) is 29.8 Å². The van der Waals surface area contributed by atoms with E-state index < -0.39 is 11.7 Å². The summed E-state index contributed by atoms with van der Waals surface area (Å²) in [6, 6.07) is 5.29. The van der Waals surface area contributed by atoms with E-state index in [1.165, 1.54) is 12.1 Å². The SMILES string of the molecule is FC(F)(F)c1ccccc1OCC1[B]C1. The Labute approximate surface area is 86.5 Å². The van der Waals surface area contributed by atoms with Crippen molar-refractivity contribution >= 4 is 7.28 Å². The molecule has 1 aliphatic heterocycles. The number of para-hydroxylation sites is 1. The van der Waals surface area contributed by atoms with Gasteiger partial charge in [-0.3, -0.25) is 0 Å². The fourth-order valence-electron chi connectivity index (χ4n) is 1.26. The predicted molar refractivity (Wildman–Crippen MR) is 51.3 cm³/mol. The number of alkyl halides is 3. The molecule has 79 valence electrons. The van der Waals surface area contributed by atoms with Crippen LogP contribution in [0.3, 0.4) is 0 Å². The lowest BCUT2D eigenvalue weighted by molar-refractivity contribution is -0.138. The molecule has 0 saturated carbocycles. The van der Waals surface area contributed by atoms with E-state index in [9.17, 15) is 13.2 Å². The van der Waals surface area contributed by atoms with Gasteiger partial charge in [0.2, 0.25) is 0 Å². The quantitative estimate of drug-likeness (QED) is 0.701. The van der Waals surface area contributed by atoms with E-state index in [1.807, 2.05) is 7.28 Å². The second-order valence-electron chi connectivity index (χ2n) is 3.54. The predicted octanol–water partition coefficient (Wildman–Crippen LogP) is 3.01. The minimum absolute atomic E-state index is 0.0784. The molecule has 1 aromatic rings. The van der Waals surface area contributed by atoms with Crippen LogP contribution in [0.25, 0.3) is 0 Å². The molecule has 1 aromatic carbocycles. The van der Waals surface area contributed by atoms with Crippen LogP contribution in [0.2, 0.25) is 12.1 Å². The summed E-state index contributed by atoms with van der Waals surface area (Å²) in [7, 11) is 2.01. The Morgan fingerprint density at radius 2 is 2.00 bits per heavy atom. The van der Waals surface area contributed by atoms with Gasteiger partial charge in [0, 0.05) is 0 Å². The largest absolute Gasteiger partial charge is 0.493 e. The second-order valence-corrected chi connectivity index (χ2v) is 3.54. The van der Waals surface area contributed by atoms with Gasteiger partial charge in [0.15, 0.2) is 0 Å². The van der Waals surface area contributed by atoms with Crippen LogP contribution in [0.1, 0.15) is 5.56 Å². The molecular formula is C10H9BF3O. The molecule has 1 heterocycles. The maximum absolute atomic E-state index is 12.5. The molecular weight excluding hydrogens is 204 g/mol. The molecule has 0 amide bonds. The van der Waals surface area contributed by atoms with E-state index in [2.05, 4.69) is 0 Å². The third-order valence-corrected chi connectivity index (χ3v) is 2.21. The average molecular weight is 213 g/mol. The standard InChI is InChI=1S/C10H9BF3O/c12-10(13,14)8-3-1-2-4-9(8)15-6-7-5-11-7/h1-4,7H,5-6H2. The zero-order chi connectivity index (χ0) is 10.9. The summed E-state index contributed by atoms with van der Waals surface area (Å²) in [5.41, 5.74) is -0.703. The Bertz CT molecular complexity index is 347. The van der Waals surface area contributed by atoms with Crippen molar-refractivity contribution in [2.45, 2.75) is 18.3 Å². The summed E-state index contributed by atoms with van der Waals surface area (Å²) in [5.74, 6) is 0.247. The van der Waals surface area contributed by atoms with E-state index in [-0.39, 0.29) is 5.75 Å². The molecule has 0 spiro atoms. The topological polar surface area (TPSA) is 9.23 Å². The zero-order valence-electron chi connectivity index (χ0n) is 7.92. The molecule has 1 fully saturated rings. The van der Waals surface area contributed by atoms with Crippen molar-refractivity contribution < 1.29 is 17.9 Å². The number of ether oxygens (including phenoxy) is 1. The van der Waals surface area contributed by atoms with Crippen molar-refractivity contribution in [2.24, 2.45) is 0 Å². The molecule has 15 heavy (non-hydrogen) atoms. The summed E-state index contributed by atoms with van der Waals surface area (Å²) in [5, 5.41) is 0. The maximum atomic E-state index is 12.5. The second kappa shape index (κ2) is 3.79. The lowest BCUT2D eigenvalue weighted by Gasteiger charge is -2.13. The Kier molecular flexibility index (Phi) is 2.63. The molecule has 0 bridgehead atoms. The molecule has 5 heteroatoms. The van der Waals surface area contributed by atoms with Crippen LogP contribution in [0.4, 0.5) is 13.2 Å². The van der Waals surface area contributed by atoms with Gasteiger partial charge in [-0.15, -0.1) is 0 Å². The smallest absolute Gasteiger partial charge is 0.419 e. The normalized spacial score (nSPS) is 19.5. The molecule has 1 radical (unpaired) electrons. The summed E-state index contributed by atoms with van der Waals surface area (Å²) in [6.45, 7) is 0.340. The number of halogens is 3. The van der Waals surface area contributed by atoms with Crippen molar-refractivity contribution in [1.82, 2.24) is 0 Å². The zero-order valence-corrected chi connectivity index (χ0v) is 7.92. The van der Waals surface area contributed by atoms with Crippen LogP contribution in [-0.4, -0.2) is 13.9 Å². The van der Waals surface area contributed by atoms with Crippen LogP contribution >= 0.6 is 0 Å². The first-order valence-corrected chi connectivity index (χ1v) is 4.70. The molecule has 1 nitrogen and oxygen atoms in total. The molecule has 1 atom stereocenters. The number of hydrogen-bond donors (Lipinski definition) is 0. The van der Waals surface area contributed by atoms with Crippen molar-refractivity contribution in [1.29, 1.82) is 0 Å². The van der Waals surface area contributed by atoms with Crippen LogP contribution in [-0.2, 0) is 6.18 Å². The van der Waals surface area contributed by atoms with Crippen molar-refractivity contribution in [2.75, 3.05) is 6.61 Å². The van der Waals surface area contributed by atoms with Gasteiger partial charge in [0.25, 0.3) is 0 Å². The molecule has 0 N–H and O–H groups in total. The maximum Gasteiger partial charge on any atom is 0.419 e. The Balaban J connectivity index is 2.13. The minimum atomic E-state index is -4.34. The summed E-state index contributed by atoms with van der Waals surface area (Å²) < 4.78 is 42.6. The first-order chi connectivity index (χ1) is 7.07. The molecule has 0 aromatic heterocycles. The fourth-order valence-corrected chi connectivity index (χ4v) is 1.26. The number of rotatable bonds is 3. The highest BCUT2D eigenvalue weighted by Crippen LogP contribution is 2.37. The van der Waals surface area contributed by atoms with E-state index in [4.69, 9.17) is 4.74 Å². The van der Waals surface area contributed by atoms with Crippen LogP contribution in [0.5, 0.6) is 5.75 Å². The Morgan fingerprint density at radius 3 is 2.60 bits per heavy atom. The van der Waals surface area contributed by atoms with Gasteiger partial charge >= 0.3 is 6.18 Å². The Hall–Kier alpha value is -1.13. The highest BCUT2D eigenvalue weighted by Gasteiger charge is 2.34. The molecule has 1 unspecified atom stereocenters. The van der Waals surface area contributed by atoms with Gasteiger partial charge in [-0.1, -0.05) is 18.5 Å². The van der Waals surface area contributed by atoms with Crippen molar-refractivity contribution in [3.8, 4) is 5.75 Å². The van der Waals surface area contributed by atoms with E-state index in [1.54, 1.807) is 6.07 Å². The van der Waals surface area contributed by atoms with Crippen LogP contribution < -0.4 is 4.74 Å². The minimum Gasteiger partial charge on any atom is -0.493 e. The monoisotopic (exact) mass is 213 g/mol. The summed E-state index contributed by atoms with van der Waals surface area (Å²) in [6.07, 6.45) is -3.40. The first-order valence-electron chi connectivity index (χ1n) is 4.70. The lowest BCUT2D eigenvalue weighted by atomic mass is 10.0. The van der Waals surface area contributed by atoms with Gasteiger partial charge in [-0.05, 0) is 17.9 Å². The van der Waals surface area contributed by atoms with Crippen LogP contribution in [0, 0.1) is 0 Å². The van der Waals surface area contributed by atoms with E-state index >= 15 is 0 Å². The van der Waals surface area contributed by atoms with Crippen molar-refractivity contribution in [3.63, 3.8) is 0 Å². The highest BCUT2D eigenvalue weighted by molar-refractivity contribution is 6.50.